The number of carbonyl (C=O) groups excluding carboxylic acids is 4. The first-order chi connectivity index (χ1) is 14.5. The van der Waals surface area contributed by atoms with Gasteiger partial charge in [0.1, 0.15) is 6.61 Å². The molecular formula is C19H28N4O8. The molecular weight excluding hydrogens is 412 g/mol. The zero-order valence-corrected chi connectivity index (χ0v) is 17.4. The van der Waals surface area contributed by atoms with Crippen LogP contribution in [0.5, 0.6) is 0 Å². The minimum Gasteiger partial charge on any atom is -0.481 e. The monoisotopic (exact) mass is 440 g/mol. The fraction of sp³-hybridized carbons (Fsp3) is 0.579. The molecule has 12 heteroatoms. The van der Waals surface area contributed by atoms with Crippen LogP contribution >= 0.6 is 0 Å². The number of nitrogens with two attached hydrogens (primary N) is 1. The fourth-order valence-corrected chi connectivity index (χ4v) is 2.96. The van der Waals surface area contributed by atoms with Crippen LogP contribution in [0.15, 0.2) is 12.5 Å². The van der Waals surface area contributed by atoms with Gasteiger partial charge < -0.3 is 31.0 Å². The largest absolute Gasteiger partial charge is 0.481 e. The van der Waals surface area contributed by atoms with Gasteiger partial charge in [-0.2, -0.15) is 0 Å². The van der Waals surface area contributed by atoms with Crippen molar-refractivity contribution in [1.82, 2.24) is 15.3 Å². The molecule has 0 unspecified atom stereocenters. The molecule has 2 amide bonds. The van der Waals surface area contributed by atoms with Gasteiger partial charge >= 0.3 is 5.97 Å². The molecule has 0 saturated carbocycles. The topological polar surface area (TPSA) is 202 Å². The summed E-state index contributed by atoms with van der Waals surface area (Å²) in [4.78, 5) is 66.5. The van der Waals surface area contributed by atoms with Crippen molar-refractivity contribution in [3.8, 4) is 0 Å². The molecule has 1 aromatic rings. The van der Waals surface area contributed by atoms with E-state index in [1.165, 1.54) is 26.6 Å². The maximum Gasteiger partial charge on any atom is 0.304 e. The van der Waals surface area contributed by atoms with Gasteiger partial charge in [0.2, 0.25) is 11.8 Å². The summed E-state index contributed by atoms with van der Waals surface area (Å²) in [5, 5.41) is 21.4. The molecule has 12 nitrogen and oxygen atoms in total. The number of hydrogen-bond donors (Lipinski definition) is 5. The molecule has 0 fully saturated rings. The maximum atomic E-state index is 12.8. The molecule has 0 aliphatic heterocycles. The molecule has 6 N–H and O–H groups in total. The Hall–Kier alpha value is -3.12. The number of aliphatic carboxylic acids is 1. The average molecular weight is 440 g/mol. The van der Waals surface area contributed by atoms with Gasteiger partial charge in [0, 0.05) is 38.3 Å². The van der Waals surface area contributed by atoms with Gasteiger partial charge in [0.25, 0.3) is 0 Å². The highest BCUT2D eigenvalue weighted by atomic mass is 16.5. The van der Waals surface area contributed by atoms with E-state index in [0.717, 1.165) is 0 Å². The number of nitrogens with one attached hydrogen (secondary N) is 2. The van der Waals surface area contributed by atoms with E-state index in [0.29, 0.717) is 5.69 Å². The van der Waals surface area contributed by atoms with Crippen molar-refractivity contribution in [2.45, 2.75) is 44.8 Å². The van der Waals surface area contributed by atoms with Crippen LogP contribution in [0, 0.1) is 11.8 Å². The average Bonchev–Trinajstić information content (AvgIpc) is 3.17. The standard InChI is InChI=1S/C19H28N4O8/c1-10(24)14(6-13(25)8-31-2)19(30)23-15(5-12-7-21-9-22-12)16(26)3-11(18(20)29)4-17(27)28/h7,9-11,14-15,24H,3-6,8H2,1-2H3,(H2,20,29)(H,21,22)(H,23,30)(H,27,28)/t10-,11+,14+,15+/m0/s1. The Kier molecular flexibility index (Phi) is 10.5. The van der Waals surface area contributed by atoms with Gasteiger partial charge in [-0.1, -0.05) is 0 Å². The molecule has 0 aromatic carbocycles. The van der Waals surface area contributed by atoms with E-state index in [2.05, 4.69) is 15.3 Å². The van der Waals surface area contributed by atoms with E-state index >= 15 is 0 Å². The summed E-state index contributed by atoms with van der Waals surface area (Å²) in [5.74, 6) is -6.40. The van der Waals surface area contributed by atoms with E-state index in [9.17, 15) is 29.1 Å². The Morgan fingerprint density at radius 1 is 1.23 bits per heavy atom. The van der Waals surface area contributed by atoms with Crippen LogP contribution in [0.1, 0.15) is 31.9 Å². The SMILES string of the molecule is COCC(=O)C[C@@H](C(=O)N[C@H](Cc1cnc[nH]1)C(=O)C[C@H](CC(=O)O)C(N)=O)[C@H](C)O. The number of nitrogens with zero attached hydrogens (tertiary/aromatic N) is 1. The van der Waals surface area contributed by atoms with Gasteiger partial charge in [0.05, 0.1) is 36.7 Å². The normalized spacial score (nSPS) is 14.8. The Labute approximate surface area is 178 Å². The number of imidazole rings is 1. The molecule has 172 valence electrons. The highest BCUT2D eigenvalue weighted by Crippen LogP contribution is 2.15. The van der Waals surface area contributed by atoms with E-state index < -0.39 is 66.2 Å². The first kappa shape index (κ1) is 25.9. The summed E-state index contributed by atoms with van der Waals surface area (Å²) in [7, 11) is 1.32. The van der Waals surface area contributed by atoms with E-state index in [1.54, 1.807) is 0 Å². The number of rotatable bonds is 15. The zero-order valence-electron chi connectivity index (χ0n) is 17.4. The van der Waals surface area contributed by atoms with Crippen LogP contribution in [0.2, 0.25) is 0 Å². The Morgan fingerprint density at radius 2 is 1.90 bits per heavy atom. The number of aromatic nitrogens is 2. The molecule has 31 heavy (non-hydrogen) atoms. The number of Topliss-reactive ketones (excluding diaryl/α,β-unsaturated/α-hetero) is 2. The highest BCUT2D eigenvalue weighted by molar-refractivity contribution is 5.95. The van der Waals surface area contributed by atoms with Crippen LogP contribution in [0.25, 0.3) is 0 Å². The van der Waals surface area contributed by atoms with Crippen LogP contribution in [-0.4, -0.2) is 75.4 Å². The van der Waals surface area contributed by atoms with Crippen molar-refractivity contribution in [2.75, 3.05) is 13.7 Å². The number of carbonyl (C=O) groups is 5. The Balaban J connectivity index is 3.01. The Morgan fingerprint density at radius 3 is 2.39 bits per heavy atom. The number of ketones is 2. The molecule has 0 radical (unpaired) electrons. The molecule has 0 bridgehead atoms. The van der Waals surface area contributed by atoms with Crippen LogP contribution in [0.3, 0.4) is 0 Å². The molecule has 1 aromatic heterocycles. The van der Waals surface area contributed by atoms with Crippen LogP contribution < -0.4 is 11.1 Å². The Bertz CT molecular complexity index is 778. The van der Waals surface area contributed by atoms with Crippen molar-refractivity contribution in [3.63, 3.8) is 0 Å². The number of ether oxygens (including phenoxy) is 1. The zero-order chi connectivity index (χ0) is 23.6. The number of aliphatic hydroxyl groups is 1. The van der Waals surface area contributed by atoms with Gasteiger partial charge in [-0.05, 0) is 6.92 Å². The number of methoxy groups -OCH3 is 1. The van der Waals surface area contributed by atoms with Crippen molar-refractivity contribution < 1.29 is 38.9 Å². The van der Waals surface area contributed by atoms with Gasteiger partial charge in [0.15, 0.2) is 11.6 Å². The second kappa shape index (κ2) is 12.5. The number of primary amides is 1. The first-order valence-electron chi connectivity index (χ1n) is 9.55. The van der Waals surface area contributed by atoms with Crippen molar-refractivity contribution >= 4 is 29.4 Å². The second-order valence-corrected chi connectivity index (χ2v) is 7.23. The summed E-state index contributed by atoms with van der Waals surface area (Å²) in [6.45, 7) is 1.11. The number of amides is 2. The van der Waals surface area contributed by atoms with E-state index in [4.69, 9.17) is 15.6 Å². The molecule has 0 spiro atoms. The second-order valence-electron chi connectivity index (χ2n) is 7.23. The quantitative estimate of drug-likeness (QED) is 0.217. The lowest BCUT2D eigenvalue weighted by atomic mass is 9.91. The molecule has 0 aliphatic rings. The maximum absolute atomic E-state index is 12.8. The smallest absolute Gasteiger partial charge is 0.304 e. The lowest BCUT2D eigenvalue weighted by Gasteiger charge is -2.24. The molecule has 0 saturated heterocycles. The van der Waals surface area contributed by atoms with Crippen molar-refractivity contribution in [3.05, 3.63) is 18.2 Å². The molecule has 4 atom stereocenters. The minimum atomic E-state index is -1.29. The number of H-pyrrole nitrogens is 1. The minimum absolute atomic E-state index is 0.0261. The third-order valence-corrected chi connectivity index (χ3v) is 4.63. The predicted octanol–water partition coefficient (Wildman–Crippen LogP) is -1.42. The summed E-state index contributed by atoms with van der Waals surface area (Å²) in [6, 6.07) is -1.16. The number of hydrogen-bond acceptors (Lipinski definition) is 8. The lowest BCUT2D eigenvalue weighted by molar-refractivity contribution is -0.141. The summed E-state index contributed by atoms with van der Waals surface area (Å²) in [5.41, 5.74) is 5.70. The van der Waals surface area contributed by atoms with E-state index in [1.807, 2.05) is 0 Å². The van der Waals surface area contributed by atoms with Crippen LogP contribution in [-0.2, 0) is 35.1 Å². The highest BCUT2D eigenvalue weighted by Gasteiger charge is 2.32. The molecule has 1 rings (SSSR count). The number of carboxylic acids is 1. The number of aromatic amines is 1. The predicted molar refractivity (Wildman–Crippen MR) is 105 cm³/mol. The van der Waals surface area contributed by atoms with Crippen LogP contribution in [0.4, 0.5) is 0 Å². The molecule has 1 heterocycles. The van der Waals surface area contributed by atoms with Gasteiger partial charge in [-0.25, -0.2) is 4.98 Å². The van der Waals surface area contributed by atoms with Crippen molar-refractivity contribution in [1.29, 1.82) is 0 Å². The lowest BCUT2D eigenvalue weighted by Crippen LogP contribution is -2.48. The summed E-state index contributed by atoms with van der Waals surface area (Å²) < 4.78 is 4.73. The van der Waals surface area contributed by atoms with Gasteiger partial charge in [-0.15, -0.1) is 0 Å². The van der Waals surface area contributed by atoms with E-state index in [-0.39, 0.29) is 19.4 Å². The van der Waals surface area contributed by atoms with Crippen molar-refractivity contribution in [2.24, 2.45) is 17.6 Å². The first-order valence-corrected chi connectivity index (χ1v) is 9.55. The fourth-order valence-electron chi connectivity index (χ4n) is 2.96. The number of aliphatic hydroxyl groups excluding tert-OH is 1. The summed E-state index contributed by atoms with van der Waals surface area (Å²) >= 11 is 0. The third-order valence-electron chi connectivity index (χ3n) is 4.63. The summed E-state index contributed by atoms with van der Waals surface area (Å²) in [6.07, 6.45) is 0.165. The third kappa shape index (κ3) is 9.05. The molecule has 0 aliphatic carbocycles. The van der Waals surface area contributed by atoms with Gasteiger partial charge in [-0.3, -0.25) is 24.0 Å². The number of carboxylic acid groups (broad SMARTS) is 1.